The summed E-state index contributed by atoms with van der Waals surface area (Å²) < 4.78 is 5.78. The first kappa shape index (κ1) is 14.6. The van der Waals surface area contributed by atoms with E-state index in [9.17, 15) is 4.79 Å². The van der Waals surface area contributed by atoms with Crippen LogP contribution in [-0.4, -0.2) is 40.7 Å². The van der Waals surface area contributed by atoms with Gasteiger partial charge in [-0.1, -0.05) is 12.8 Å². The van der Waals surface area contributed by atoms with E-state index in [1.54, 1.807) is 0 Å². The number of nitrogens with zero attached hydrogens (tertiary/aromatic N) is 2. The van der Waals surface area contributed by atoms with Crippen LogP contribution in [0, 0.1) is 5.92 Å². The molecule has 0 spiro atoms. The van der Waals surface area contributed by atoms with Crippen LogP contribution in [0.1, 0.15) is 67.4 Å². The lowest BCUT2D eigenvalue weighted by Gasteiger charge is -2.26. The molecule has 1 fully saturated rings. The molecule has 2 heterocycles. The Kier molecular flexibility index (Phi) is 4.02. The Bertz CT molecular complexity index is 520. The monoisotopic (exact) mass is 291 g/mol. The number of aromatic amines is 1. The minimum Gasteiger partial charge on any atom is -0.369 e. The Morgan fingerprint density at radius 3 is 2.81 bits per heavy atom. The average Bonchev–Trinajstić information content (AvgIpc) is 3.07. The summed E-state index contributed by atoms with van der Waals surface area (Å²) in [7, 11) is 1.90. The van der Waals surface area contributed by atoms with Crippen LogP contribution in [0.2, 0.25) is 0 Å². The quantitative estimate of drug-likeness (QED) is 0.931. The number of rotatable bonds is 3. The molecule has 0 radical (unpaired) electrons. The first-order valence-corrected chi connectivity index (χ1v) is 8.04. The maximum absolute atomic E-state index is 12.7. The van der Waals surface area contributed by atoms with E-state index >= 15 is 0 Å². The van der Waals surface area contributed by atoms with E-state index in [4.69, 9.17) is 4.74 Å². The molecule has 1 aliphatic carbocycles. The van der Waals surface area contributed by atoms with Crippen molar-refractivity contribution < 1.29 is 9.53 Å². The zero-order chi connectivity index (χ0) is 15.0. The number of carbonyl (C=O) groups is 1. The lowest BCUT2D eigenvalue weighted by Crippen LogP contribution is -2.33. The Morgan fingerprint density at radius 1 is 1.38 bits per heavy atom. The van der Waals surface area contributed by atoms with Crippen molar-refractivity contribution >= 4 is 5.91 Å². The molecule has 1 N–H and O–H groups in total. The van der Waals surface area contributed by atoms with E-state index in [-0.39, 0.29) is 18.1 Å². The molecular formula is C16H25N3O2. The van der Waals surface area contributed by atoms with E-state index < -0.39 is 0 Å². The zero-order valence-corrected chi connectivity index (χ0v) is 13.2. The number of H-pyrrole nitrogens is 1. The van der Waals surface area contributed by atoms with E-state index in [0.717, 1.165) is 24.2 Å². The number of amides is 1. The van der Waals surface area contributed by atoms with Crippen LogP contribution >= 0.6 is 0 Å². The lowest BCUT2D eigenvalue weighted by molar-refractivity contribution is -0.00701. The third kappa shape index (κ3) is 2.84. The molecule has 0 bridgehead atoms. The van der Waals surface area contributed by atoms with Gasteiger partial charge in [-0.15, -0.1) is 0 Å². The standard InChI is InChI=1S/C16H25N3O2/c1-10-8-13-14(11(2)21-10)17-18-15(13)16(20)19(3)9-12-6-4-5-7-12/h10-12H,4-9H2,1-3H3,(H,17,18)/t10-,11+/m1/s1. The predicted octanol–water partition coefficient (Wildman–Crippen LogP) is 2.69. The van der Waals surface area contributed by atoms with E-state index in [1.807, 2.05) is 25.8 Å². The number of fused-ring (bicyclic) bond motifs is 1. The molecule has 2 aliphatic rings. The Hall–Kier alpha value is -1.36. The molecule has 5 nitrogen and oxygen atoms in total. The second-order valence-corrected chi connectivity index (χ2v) is 6.59. The molecular weight excluding hydrogens is 266 g/mol. The Balaban J connectivity index is 1.75. The second kappa shape index (κ2) is 5.79. The summed E-state index contributed by atoms with van der Waals surface area (Å²) in [5.74, 6) is 0.704. The third-order valence-electron chi connectivity index (χ3n) is 4.79. The molecule has 1 saturated carbocycles. The van der Waals surface area contributed by atoms with Gasteiger partial charge < -0.3 is 9.64 Å². The molecule has 0 unspecified atom stereocenters. The van der Waals surface area contributed by atoms with Crippen molar-refractivity contribution in [1.29, 1.82) is 0 Å². The summed E-state index contributed by atoms with van der Waals surface area (Å²) >= 11 is 0. The fourth-order valence-electron chi connectivity index (χ4n) is 3.69. The maximum atomic E-state index is 12.7. The van der Waals surface area contributed by atoms with Gasteiger partial charge in [0.1, 0.15) is 0 Å². The van der Waals surface area contributed by atoms with Crippen molar-refractivity contribution in [2.45, 2.75) is 58.2 Å². The van der Waals surface area contributed by atoms with Crippen LogP contribution in [0.4, 0.5) is 0 Å². The van der Waals surface area contributed by atoms with Crippen LogP contribution in [0.25, 0.3) is 0 Å². The van der Waals surface area contributed by atoms with Crippen molar-refractivity contribution in [3.63, 3.8) is 0 Å². The first-order valence-electron chi connectivity index (χ1n) is 8.04. The highest BCUT2D eigenvalue weighted by atomic mass is 16.5. The fourth-order valence-corrected chi connectivity index (χ4v) is 3.69. The molecule has 2 atom stereocenters. The molecule has 1 aromatic rings. The number of aromatic nitrogens is 2. The molecule has 21 heavy (non-hydrogen) atoms. The van der Waals surface area contributed by atoms with Crippen LogP contribution in [0.15, 0.2) is 0 Å². The van der Waals surface area contributed by atoms with Crippen LogP contribution in [0.3, 0.4) is 0 Å². The van der Waals surface area contributed by atoms with Gasteiger partial charge in [0.25, 0.3) is 5.91 Å². The van der Waals surface area contributed by atoms with Crippen LogP contribution in [-0.2, 0) is 11.2 Å². The smallest absolute Gasteiger partial charge is 0.274 e. The SMILES string of the molecule is C[C@@H]1Cc2c(C(=O)N(C)CC3CCCC3)n[nH]c2[C@H](C)O1. The second-order valence-electron chi connectivity index (χ2n) is 6.59. The maximum Gasteiger partial charge on any atom is 0.274 e. The fraction of sp³-hybridized carbons (Fsp3) is 0.750. The van der Waals surface area contributed by atoms with Crippen molar-refractivity contribution in [3.8, 4) is 0 Å². The Morgan fingerprint density at radius 2 is 2.10 bits per heavy atom. The van der Waals surface area contributed by atoms with E-state index in [1.165, 1.54) is 25.7 Å². The molecule has 5 heteroatoms. The van der Waals surface area contributed by atoms with Gasteiger partial charge in [0.15, 0.2) is 5.69 Å². The van der Waals surface area contributed by atoms with Crippen molar-refractivity contribution in [2.75, 3.05) is 13.6 Å². The van der Waals surface area contributed by atoms with Crippen LogP contribution in [0.5, 0.6) is 0 Å². The van der Waals surface area contributed by atoms with Gasteiger partial charge in [-0.05, 0) is 32.6 Å². The van der Waals surface area contributed by atoms with Gasteiger partial charge in [-0.3, -0.25) is 9.89 Å². The summed E-state index contributed by atoms with van der Waals surface area (Å²) in [6.07, 6.45) is 5.98. The van der Waals surface area contributed by atoms with Gasteiger partial charge in [-0.25, -0.2) is 0 Å². The Labute approximate surface area is 126 Å². The molecule has 1 amide bonds. The van der Waals surface area contributed by atoms with E-state index in [0.29, 0.717) is 11.6 Å². The molecule has 0 aromatic carbocycles. The van der Waals surface area contributed by atoms with Crippen molar-refractivity contribution in [1.82, 2.24) is 15.1 Å². The van der Waals surface area contributed by atoms with Gasteiger partial charge >= 0.3 is 0 Å². The molecule has 0 saturated heterocycles. The molecule has 1 aromatic heterocycles. The minimum atomic E-state index is -0.0158. The summed E-state index contributed by atoms with van der Waals surface area (Å²) in [5.41, 5.74) is 2.60. The summed E-state index contributed by atoms with van der Waals surface area (Å²) in [5, 5.41) is 7.29. The van der Waals surface area contributed by atoms with Crippen molar-refractivity contribution in [3.05, 3.63) is 17.0 Å². The normalized spacial score (nSPS) is 25.9. The highest BCUT2D eigenvalue weighted by molar-refractivity contribution is 5.94. The largest absolute Gasteiger partial charge is 0.369 e. The number of nitrogens with one attached hydrogen (secondary N) is 1. The number of ether oxygens (including phenoxy) is 1. The highest BCUT2D eigenvalue weighted by Gasteiger charge is 2.31. The van der Waals surface area contributed by atoms with Gasteiger partial charge in [0.2, 0.25) is 0 Å². The highest BCUT2D eigenvalue weighted by Crippen LogP contribution is 2.31. The average molecular weight is 291 g/mol. The number of carbonyl (C=O) groups excluding carboxylic acids is 1. The predicted molar refractivity (Wildman–Crippen MR) is 80.2 cm³/mol. The lowest BCUT2D eigenvalue weighted by atomic mass is 9.99. The summed E-state index contributed by atoms with van der Waals surface area (Å²) in [4.78, 5) is 14.5. The van der Waals surface area contributed by atoms with Crippen LogP contribution < -0.4 is 0 Å². The molecule has 116 valence electrons. The van der Waals surface area contributed by atoms with Gasteiger partial charge in [0, 0.05) is 25.6 Å². The van der Waals surface area contributed by atoms with Crippen molar-refractivity contribution in [2.24, 2.45) is 5.92 Å². The molecule has 1 aliphatic heterocycles. The summed E-state index contributed by atoms with van der Waals surface area (Å²) in [6, 6.07) is 0. The zero-order valence-electron chi connectivity index (χ0n) is 13.2. The molecule has 3 rings (SSSR count). The van der Waals surface area contributed by atoms with Gasteiger partial charge in [-0.2, -0.15) is 5.10 Å². The topological polar surface area (TPSA) is 58.2 Å². The van der Waals surface area contributed by atoms with E-state index in [2.05, 4.69) is 10.2 Å². The van der Waals surface area contributed by atoms with Gasteiger partial charge in [0.05, 0.1) is 17.9 Å². The minimum absolute atomic E-state index is 0.0158. The number of hydrogen-bond acceptors (Lipinski definition) is 3. The third-order valence-corrected chi connectivity index (χ3v) is 4.79. The summed E-state index contributed by atoms with van der Waals surface area (Å²) in [6.45, 7) is 4.90. The first-order chi connectivity index (χ1) is 10.1. The number of hydrogen-bond donors (Lipinski definition) is 1.